The van der Waals surface area contributed by atoms with Crippen molar-refractivity contribution in [3.8, 4) is 34.3 Å². The average Bonchev–Trinajstić information content (AvgIpc) is 3.28. The Bertz CT molecular complexity index is 1010. The van der Waals surface area contributed by atoms with Gasteiger partial charge in [0, 0.05) is 24.2 Å². The van der Waals surface area contributed by atoms with Crippen molar-refractivity contribution in [1.29, 1.82) is 0 Å². The van der Waals surface area contributed by atoms with Crippen LogP contribution in [0.5, 0.6) is 11.5 Å². The first-order valence-corrected chi connectivity index (χ1v) is 9.71. The van der Waals surface area contributed by atoms with Crippen molar-refractivity contribution in [2.45, 2.75) is 6.92 Å². The molecule has 30 heavy (non-hydrogen) atoms. The maximum Gasteiger partial charge on any atom is 0.260 e. The first-order valence-electron chi connectivity index (χ1n) is 9.71. The van der Waals surface area contributed by atoms with Gasteiger partial charge in [-0.15, -0.1) is 0 Å². The van der Waals surface area contributed by atoms with Gasteiger partial charge < -0.3 is 23.6 Å². The number of morpholine rings is 1. The number of ether oxygens (including phenoxy) is 3. The molecule has 1 amide bonds. The highest BCUT2D eigenvalue weighted by atomic mass is 16.5. The minimum absolute atomic E-state index is 0.0600. The highest BCUT2D eigenvalue weighted by molar-refractivity contribution is 5.78. The molecule has 3 aromatic rings. The highest BCUT2D eigenvalue weighted by Crippen LogP contribution is 2.32. The Kier molecular flexibility index (Phi) is 5.94. The number of carbonyl (C=O) groups excluding carboxylic acids is 1. The molecule has 0 unspecified atom stereocenters. The normalized spacial score (nSPS) is 13.9. The van der Waals surface area contributed by atoms with Crippen LogP contribution in [-0.2, 0) is 9.53 Å². The van der Waals surface area contributed by atoms with Gasteiger partial charge in [0.25, 0.3) is 11.8 Å². The van der Waals surface area contributed by atoms with E-state index in [0.717, 1.165) is 16.7 Å². The molecule has 0 bridgehead atoms. The second-order valence-corrected chi connectivity index (χ2v) is 6.94. The van der Waals surface area contributed by atoms with E-state index < -0.39 is 0 Å². The van der Waals surface area contributed by atoms with E-state index in [2.05, 4.69) is 10.1 Å². The van der Waals surface area contributed by atoms with Gasteiger partial charge in [-0.3, -0.25) is 4.79 Å². The Balaban J connectivity index is 1.47. The van der Waals surface area contributed by atoms with Crippen molar-refractivity contribution in [1.82, 2.24) is 15.0 Å². The predicted octanol–water partition coefficient (Wildman–Crippen LogP) is 2.96. The van der Waals surface area contributed by atoms with Crippen LogP contribution < -0.4 is 9.47 Å². The Morgan fingerprint density at radius 3 is 2.53 bits per heavy atom. The number of benzene rings is 2. The van der Waals surface area contributed by atoms with E-state index in [1.807, 2.05) is 31.2 Å². The molecule has 1 fully saturated rings. The van der Waals surface area contributed by atoms with E-state index in [1.165, 1.54) is 0 Å². The standard InChI is InChI=1S/C22H23N3O5/c1-15-3-5-16(6-4-15)22-23-21(24-30-22)17-7-8-18(19(13-17)27-2)29-14-20(26)25-9-11-28-12-10-25/h3-8,13H,9-12,14H2,1-2H3. The second kappa shape index (κ2) is 8.96. The van der Waals surface area contributed by atoms with Crippen LogP contribution in [-0.4, -0.2) is 61.0 Å². The molecule has 0 saturated carbocycles. The largest absolute Gasteiger partial charge is 0.493 e. The van der Waals surface area contributed by atoms with Gasteiger partial charge in [0.05, 0.1) is 20.3 Å². The zero-order chi connectivity index (χ0) is 20.9. The zero-order valence-corrected chi connectivity index (χ0v) is 17.0. The van der Waals surface area contributed by atoms with Crippen molar-refractivity contribution in [2.75, 3.05) is 40.0 Å². The van der Waals surface area contributed by atoms with Crippen LogP contribution in [0, 0.1) is 6.92 Å². The minimum Gasteiger partial charge on any atom is -0.493 e. The molecule has 1 aliphatic heterocycles. The number of aromatic nitrogens is 2. The molecule has 0 radical (unpaired) electrons. The lowest BCUT2D eigenvalue weighted by molar-refractivity contribution is -0.137. The van der Waals surface area contributed by atoms with Crippen LogP contribution >= 0.6 is 0 Å². The van der Waals surface area contributed by atoms with Gasteiger partial charge in [0.2, 0.25) is 5.82 Å². The summed E-state index contributed by atoms with van der Waals surface area (Å²) >= 11 is 0. The maximum atomic E-state index is 12.3. The zero-order valence-electron chi connectivity index (χ0n) is 17.0. The number of methoxy groups -OCH3 is 1. The third-order valence-corrected chi connectivity index (χ3v) is 4.86. The molecule has 8 nitrogen and oxygen atoms in total. The molecular formula is C22H23N3O5. The first-order chi connectivity index (χ1) is 14.6. The molecule has 156 valence electrons. The number of carbonyl (C=O) groups is 1. The van der Waals surface area contributed by atoms with E-state index in [9.17, 15) is 4.79 Å². The third kappa shape index (κ3) is 4.44. The lowest BCUT2D eigenvalue weighted by Crippen LogP contribution is -2.43. The van der Waals surface area contributed by atoms with Crippen LogP contribution in [0.4, 0.5) is 0 Å². The molecule has 1 aromatic heterocycles. The summed E-state index contributed by atoms with van der Waals surface area (Å²) < 4.78 is 21.8. The van der Waals surface area contributed by atoms with Crippen molar-refractivity contribution in [3.05, 3.63) is 48.0 Å². The number of amides is 1. The molecule has 0 aliphatic carbocycles. The van der Waals surface area contributed by atoms with Crippen molar-refractivity contribution < 1.29 is 23.5 Å². The number of nitrogens with zero attached hydrogens (tertiary/aromatic N) is 3. The van der Waals surface area contributed by atoms with Crippen LogP contribution in [0.2, 0.25) is 0 Å². The molecule has 0 atom stereocenters. The lowest BCUT2D eigenvalue weighted by atomic mass is 10.1. The summed E-state index contributed by atoms with van der Waals surface area (Å²) in [6, 6.07) is 13.2. The molecule has 4 rings (SSSR count). The Morgan fingerprint density at radius 1 is 1.07 bits per heavy atom. The average molecular weight is 409 g/mol. The van der Waals surface area contributed by atoms with Gasteiger partial charge in [-0.25, -0.2) is 0 Å². The van der Waals surface area contributed by atoms with Gasteiger partial charge in [-0.1, -0.05) is 22.9 Å². The van der Waals surface area contributed by atoms with Crippen molar-refractivity contribution >= 4 is 5.91 Å². The summed E-state index contributed by atoms with van der Waals surface area (Å²) in [4.78, 5) is 18.5. The van der Waals surface area contributed by atoms with Crippen LogP contribution in [0.15, 0.2) is 47.0 Å². The molecule has 2 heterocycles. The quantitative estimate of drug-likeness (QED) is 0.619. The second-order valence-electron chi connectivity index (χ2n) is 6.94. The highest BCUT2D eigenvalue weighted by Gasteiger charge is 2.19. The topological polar surface area (TPSA) is 86.9 Å². The molecule has 1 saturated heterocycles. The van der Waals surface area contributed by atoms with Gasteiger partial charge in [0.1, 0.15) is 0 Å². The SMILES string of the molecule is COc1cc(-c2noc(-c3ccc(C)cc3)n2)ccc1OCC(=O)N1CCOCC1. The Morgan fingerprint density at radius 2 is 1.80 bits per heavy atom. The van der Waals surface area contributed by atoms with Gasteiger partial charge in [-0.2, -0.15) is 4.98 Å². The molecular weight excluding hydrogens is 386 g/mol. The van der Waals surface area contributed by atoms with Crippen LogP contribution in [0.3, 0.4) is 0 Å². The van der Waals surface area contributed by atoms with Gasteiger partial charge >= 0.3 is 0 Å². The number of hydrogen-bond acceptors (Lipinski definition) is 7. The number of hydrogen-bond donors (Lipinski definition) is 0. The predicted molar refractivity (Wildman–Crippen MR) is 109 cm³/mol. The fourth-order valence-corrected chi connectivity index (χ4v) is 3.12. The summed E-state index contributed by atoms with van der Waals surface area (Å²) in [5.41, 5.74) is 2.74. The summed E-state index contributed by atoms with van der Waals surface area (Å²) in [7, 11) is 1.55. The Labute approximate surface area is 174 Å². The molecule has 1 aliphatic rings. The smallest absolute Gasteiger partial charge is 0.260 e. The molecule has 0 N–H and O–H groups in total. The van der Waals surface area contributed by atoms with Crippen molar-refractivity contribution in [2.24, 2.45) is 0 Å². The van der Waals surface area contributed by atoms with Crippen LogP contribution in [0.1, 0.15) is 5.56 Å². The van der Waals surface area contributed by atoms with E-state index in [4.69, 9.17) is 18.7 Å². The molecule has 8 heteroatoms. The summed E-state index contributed by atoms with van der Waals surface area (Å²) in [6.45, 7) is 4.24. The molecule has 2 aromatic carbocycles. The lowest BCUT2D eigenvalue weighted by Gasteiger charge is -2.26. The van der Waals surface area contributed by atoms with E-state index in [-0.39, 0.29) is 12.5 Å². The van der Waals surface area contributed by atoms with Crippen molar-refractivity contribution in [3.63, 3.8) is 0 Å². The maximum absolute atomic E-state index is 12.3. The summed E-state index contributed by atoms with van der Waals surface area (Å²) in [5, 5.41) is 4.07. The number of rotatable bonds is 6. The number of aryl methyl sites for hydroxylation is 1. The van der Waals surface area contributed by atoms with E-state index >= 15 is 0 Å². The fourth-order valence-electron chi connectivity index (χ4n) is 3.12. The minimum atomic E-state index is -0.0784. The Hall–Kier alpha value is -3.39. The van der Waals surface area contributed by atoms with Gasteiger partial charge in [-0.05, 0) is 37.3 Å². The first kappa shape index (κ1) is 19.9. The van der Waals surface area contributed by atoms with E-state index in [1.54, 1.807) is 30.2 Å². The summed E-state index contributed by atoms with van der Waals surface area (Å²) in [5.74, 6) is 1.78. The summed E-state index contributed by atoms with van der Waals surface area (Å²) in [6.07, 6.45) is 0. The molecule has 0 spiro atoms. The third-order valence-electron chi connectivity index (χ3n) is 4.86. The van der Waals surface area contributed by atoms with Crippen LogP contribution in [0.25, 0.3) is 22.8 Å². The van der Waals surface area contributed by atoms with E-state index in [0.29, 0.717) is 49.5 Å². The van der Waals surface area contributed by atoms with Gasteiger partial charge in [0.15, 0.2) is 18.1 Å². The fraction of sp³-hybridized carbons (Fsp3) is 0.318. The monoisotopic (exact) mass is 409 g/mol.